The second kappa shape index (κ2) is 8.36. The quantitative estimate of drug-likeness (QED) is 0.290. The Labute approximate surface area is 231 Å². The van der Waals surface area contributed by atoms with Crippen molar-refractivity contribution in [1.82, 2.24) is 0 Å². The lowest BCUT2D eigenvalue weighted by Crippen LogP contribution is -2.65. The molecule has 220 valence electrons. The van der Waals surface area contributed by atoms with Gasteiger partial charge in [-0.15, -0.1) is 0 Å². The van der Waals surface area contributed by atoms with E-state index in [1.807, 2.05) is 13.8 Å². The maximum atomic E-state index is 13.2. The third kappa shape index (κ3) is 3.73. The van der Waals surface area contributed by atoms with Crippen LogP contribution in [0.3, 0.4) is 0 Å². The number of carbonyl (C=O) groups excluding carboxylic acids is 1. The van der Waals surface area contributed by atoms with Crippen molar-refractivity contribution in [3.05, 3.63) is 23.0 Å². The first-order chi connectivity index (χ1) is 17.7. The molecule has 3 fully saturated rings. The zero-order valence-corrected chi connectivity index (χ0v) is 25.1. The molecule has 7 atom stereocenters. The Morgan fingerprint density at radius 1 is 0.974 bits per heavy atom. The summed E-state index contributed by atoms with van der Waals surface area (Å²) in [5, 5.41) is 0. The molecule has 0 aromatic heterocycles. The van der Waals surface area contributed by atoms with Gasteiger partial charge in [0.2, 0.25) is 0 Å². The van der Waals surface area contributed by atoms with Gasteiger partial charge in [-0.1, -0.05) is 48.5 Å². The van der Waals surface area contributed by atoms with E-state index < -0.39 is 26.6 Å². The van der Waals surface area contributed by atoms with E-state index >= 15 is 0 Å². The average molecular weight is 572 g/mol. The molecule has 5 rings (SSSR count). The Kier molecular flexibility index (Phi) is 6.25. The lowest BCUT2D eigenvalue weighted by molar-refractivity contribution is -0.198. The molecule has 7 unspecified atom stereocenters. The molecular formula is C30H44F3NO4S. The molecule has 5 aliphatic carbocycles. The number of halogens is 3. The Hall–Kier alpha value is -1.35. The van der Waals surface area contributed by atoms with Crippen LogP contribution in [0.5, 0.6) is 0 Å². The fraction of sp³-hybridized carbons (Fsp3) is 0.833. The van der Waals surface area contributed by atoms with Gasteiger partial charge in [0.1, 0.15) is 5.76 Å². The van der Waals surface area contributed by atoms with Gasteiger partial charge in [0.25, 0.3) is 0 Å². The Morgan fingerprint density at radius 3 is 2.21 bits per heavy atom. The molecule has 0 saturated heterocycles. The van der Waals surface area contributed by atoms with Gasteiger partial charge in [-0.25, -0.2) is 0 Å². The van der Waals surface area contributed by atoms with E-state index in [4.69, 9.17) is 9.92 Å². The molecule has 0 aromatic carbocycles. The van der Waals surface area contributed by atoms with E-state index in [2.05, 4.69) is 34.6 Å². The molecule has 0 spiro atoms. The van der Waals surface area contributed by atoms with E-state index in [-0.39, 0.29) is 45.5 Å². The SMILES string of the molecule is CC(C)C1=C2C3CCC4C5(C)CC=C(OS(=O)(=O)C(F)(F)F)C(C)(C)C5CCC4(C)C3(C)CCC2(N)CC1=O. The summed E-state index contributed by atoms with van der Waals surface area (Å²) in [4.78, 5) is 13.2. The number of ketones is 1. The van der Waals surface area contributed by atoms with E-state index in [0.29, 0.717) is 18.8 Å². The van der Waals surface area contributed by atoms with Gasteiger partial charge in [-0.05, 0) is 102 Å². The first kappa shape index (κ1) is 29.2. The summed E-state index contributed by atoms with van der Waals surface area (Å²) >= 11 is 0. The second-order valence-electron chi connectivity index (χ2n) is 14.8. The van der Waals surface area contributed by atoms with Gasteiger partial charge < -0.3 is 9.92 Å². The lowest BCUT2D eigenvalue weighted by atomic mass is 9.34. The van der Waals surface area contributed by atoms with Gasteiger partial charge in [0.15, 0.2) is 5.78 Å². The molecule has 0 aliphatic heterocycles. The minimum atomic E-state index is -5.73. The zero-order chi connectivity index (χ0) is 29.2. The van der Waals surface area contributed by atoms with Crippen molar-refractivity contribution in [2.45, 2.75) is 111 Å². The minimum Gasteiger partial charge on any atom is -0.380 e. The molecular weight excluding hydrogens is 527 g/mol. The third-order valence-corrected chi connectivity index (χ3v) is 13.4. The number of hydrogen-bond acceptors (Lipinski definition) is 5. The van der Waals surface area contributed by atoms with Crippen LogP contribution < -0.4 is 5.73 Å². The molecule has 5 nitrogen and oxygen atoms in total. The molecule has 0 bridgehead atoms. The Bertz CT molecular complexity index is 1270. The highest BCUT2D eigenvalue weighted by Crippen LogP contribution is 2.75. The van der Waals surface area contributed by atoms with Crippen LogP contribution in [-0.4, -0.2) is 25.2 Å². The number of fused-ring (bicyclic) bond motifs is 7. The van der Waals surface area contributed by atoms with Crippen molar-refractivity contribution in [2.24, 2.45) is 51.1 Å². The number of rotatable bonds is 3. The van der Waals surface area contributed by atoms with Crippen LogP contribution in [0, 0.1) is 45.3 Å². The Balaban J connectivity index is 1.54. The topological polar surface area (TPSA) is 86.5 Å². The number of allylic oxidation sites excluding steroid dienone is 3. The summed E-state index contributed by atoms with van der Waals surface area (Å²) in [6, 6.07) is 0. The summed E-state index contributed by atoms with van der Waals surface area (Å²) in [6.45, 7) is 14.9. The second-order valence-corrected chi connectivity index (χ2v) is 16.4. The van der Waals surface area contributed by atoms with Crippen molar-refractivity contribution in [3.63, 3.8) is 0 Å². The average Bonchev–Trinajstić information content (AvgIpc) is 3.06. The van der Waals surface area contributed by atoms with Gasteiger partial charge in [-0.3, -0.25) is 4.79 Å². The maximum absolute atomic E-state index is 13.2. The fourth-order valence-electron chi connectivity index (χ4n) is 10.5. The zero-order valence-electron chi connectivity index (χ0n) is 24.3. The molecule has 2 N–H and O–H groups in total. The number of alkyl halides is 3. The summed E-state index contributed by atoms with van der Waals surface area (Å²) in [7, 11) is -5.73. The molecule has 0 aromatic rings. The number of nitrogens with two attached hydrogens (primary N) is 1. The summed E-state index contributed by atoms with van der Waals surface area (Å²) in [5.74, 6) is 0.760. The third-order valence-electron chi connectivity index (χ3n) is 12.5. The maximum Gasteiger partial charge on any atom is 0.534 e. The predicted molar refractivity (Wildman–Crippen MR) is 143 cm³/mol. The highest BCUT2D eigenvalue weighted by atomic mass is 32.2. The van der Waals surface area contributed by atoms with Crippen molar-refractivity contribution in [1.29, 1.82) is 0 Å². The minimum absolute atomic E-state index is 0.0256. The number of carbonyl (C=O) groups is 1. The standard InChI is InChI=1S/C30H44F3NO4S/c1-17(2)23-19(35)16-29(34)15-14-27(6)18(24(23)29)8-9-21-26(5)12-11-22(38-39(36,37)30(31,32)33)25(3,4)20(26)10-13-28(21,27)7/h11,17-18,20-21H,8-10,12-16,34H2,1-7H3. The first-order valence-corrected chi connectivity index (χ1v) is 15.8. The van der Waals surface area contributed by atoms with Crippen LogP contribution in [0.1, 0.15) is 99.8 Å². The van der Waals surface area contributed by atoms with E-state index in [9.17, 15) is 26.4 Å². The van der Waals surface area contributed by atoms with Crippen molar-refractivity contribution >= 4 is 15.9 Å². The van der Waals surface area contributed by atoms with Crippen molar-refractivity contribution < 1.29 is 30.6 Å². The number of Topliss-reactive ketones (excluding diaryl/α,β-unsaturated/α-hetero) is 1. The van der Waals surface area contributed by atoms with Crippen LogP contribution in [0.25, 0.3) is 0 Å². The monoisotopic (exact) mass is 571 g/mol. The van der Waals surface area contributed by atoms with Crippen LogP contribution >= 0.6 is 0 Å². The molecule has 0 amide bonds. The highest BCUT2D eigenvalue weighted by molar-refractivity contribution is 7.87. The van der Waals surface area contributed by atoms with E-state index in [1.165, 1.54) is 5.57 Å². The van der Waals surface area contributed by atoms with Gasteiger partial charge >= 0.3 is 15.6 Å². The summed E-state index contributed by atoms with van der Waals surface area (Å²) in [6.07, 6.45) is 7.78. The smallest absolute Gasteiger partial charge is 0.380 e. The Morgan fingerprint density at radius 2 is 1.62 bits per heavy atom. The van der Waals surface area contributed by atoms with E-state index in [1.54, 1.807) is 6.08 Å². The van der Waals surface area contributed by atoms with Crippen LogP contribution in [-0.2, 0) is 19.1 Å². The summed E-state index contributed by atoms with van der Waals surface area (Å²) in [5.41, 5.74) is 1.94. The molecule has 39 heavy (non-hydrogen) atoms. The van der Waals surface area contributed by atoms with E-state index in [0.717, 1.165) is 44.1 Å². The summed E-state index contributed by atoms with van der Waals surface area (Å²) < 4.78 is 68.1. The molecule has 3 saturated carbocycles. The van der Waals surface area contributed by atoms with Crippen LogP contribution in [0.2, 0.25) is 0 Å². The van der Waals surface area contributed by atoms with Gasteiger partial charge in [0.05, 0.1) is 0 Å². The predicted octanol–water partition coefficient (Wildman–Crippen LogP) is 7.04. The van der Waals surface area contributed by atoms with Crippen molar-refractivity contribution in [3.8, 4) is 0 Å². The molecule has 9 heteroatoms. The van der Waals surface area contributed by atoms with Crippen molar-refractivity contribution in [2.75, 3.05) is 0 Å². The molecule has 5 aliphatic rings. The van der Waals surface area contributed by atoms with Gasteiger partial charge in [-0.2, -0.15) is 21.6 Å². The lowest BCUT2D eigenvalue weighted by Gasteiger charge is -2.71. The molecule has 0 heterocycles. The van der Waals surface area contributed by atoms with Crippen LogP contribution in [0.4, 0.5) is 13.2 Å². The highest BCUT2D eigenvalue weighted by Gasteiger charge is 2.69. The largest absolute Gasteiger partial charge is 0.534 e. The normalized spacial score (nSPS) is 43.8. The molecule has 0 radical (unpaired) electrons. The number of hydrogen-bond donors (Lipinski definition) is 1. The van der Waals surface area contributed by atoms with Crippen LogP contribution in [0.15, 0.2) is 23.0 Å². The van der Waals surface area contributed by atoms with Gasteiger partial charge in [0, 0.05) is 17.4 Å². The first-order valence-electron chi connectivity index (χ1n) is 14.4. The fourth-order valence-corrected chi connectivity index (χ4v) is 11.1.